The van der Waals surface area contributed by atoms with Gasteiger partial charge in [-0.3, -0.25) is 14.6 Å². The van der Waals surface area contributed by atoms with Gasteiger partial charge in [-0.15, -0.1) is 0 Å². The summed E-state index contributed by atoms with van der Waals surface area (Å²) in [5.74, 6) is -5.17. The molecule has 4 rings (SSSR count). The topological polar surface area (TPSA) is 111 Å². The van der Waals surface area contributed by atoms with E-state index in [-0.39, 0.29) is 0 Å². The van der Waals surface area contributed by atoms with Gasteiger partial charge in [-0.1, -0.05) is 29.8 Å². The van der Waals surface area contributed by atoms with Crippen molar-refractivity contribution in [2.45, 2.75) is 50.7 Å². The van der Waals surface area contributed by atoms with E-state index in [0.29, 0.717) is 24.4 Å². The first-order chi connectivity index (χ1) is 18.1. The zero-order valence-electron chi connectivity index (χ0n) is 21.2. The predicted octanol–water partition coefficient (Wildman–Crippen LogP) is 2.77. The van der Waals surface area contributed by atoms with Gasteiger partial charge < -0.3 is 19.8 Å². The second-order valence-corrected chi connectivity index (χ2v) is 9.23. The van der Waals surface area contributed by atoms with Gasteiger partial charge >= 0.3 is 24.3 Å². The first kappa shape index (κ1) is 32.3. The summed E-state index contributed by atoms with van der Waals surface area (Å²) in [5, 5.41) is 14.2. The fourth-order valence-electron chi connectivity index (χ4n) is 4.50. The minimum Gasteiger partial charge on any atom is -0.475 e. The van der Waals surface area contributed by atoms with Crippen molar-refractivity contribution in [1.29, 1.82) is 0 Å². The fourth-order valence-corrected chi connectivity index (χ4v) is 4.50. The van der Waals surface area contributed by atoms with Crippen molar-refractivity contribution in [2.75, 3.05) is 45.9 Å². The van der Waals surface area contributed by atoms with Crippen LogP contribution in [-0.4, -0.2) is 113 Å². The van der Waals surface area contributed by atoms with Crippen molar-refractivity contribution in [3.8, 4) is 0 Å². The Morgan fingerprint density at radius 2 is 1.41 bits per heavy atom. The van der Waals surface area contributed by atoms with E-state index in [1.165, 1.54) is 11.1 Å². The zero-order chi connectivity index (χ0) is 29.4. The number of ether oxygens (including phenoxy) is 1. The van der Waals surface area contributed by atoms with Crippen molar-refractivity contribution in [3.63, 3.8) is 0 Å². The van der Waals surface area contributed by atoms with Gasteiger partial charge in [0.1, 0.15) is 0 Å². The lowest BCUT2D eigenvalue weighted by Gasteiger charge is -2.30. The third kappa shape index (κ3) is 10.3. The summed E-state index contributed by atoms with van der Waals surface area (Å²) in [6.45, 7) is 9.68. The predicted molar refractivity (Wildman–Crippen MR) is 125 cm³/mol. The maximum Gasteiger partial charge on any atom is 0.490 e. The van der Waals surface area contributed by atoms with Crippen molar-refractivity contribution in [1.82, 2.24) is 14.7 Å². The summed E-state index contributed by atoms with van der Waals surface area (Å²) in [6.07, 6.45) is -8.36. The molecule has 0 saturated carbocycles. The van der Waals surface area contributed by atoms with Crippen LogP contribution in [0, 0.1) is 6.92 Å². The Labute approximate surface area is 220 Å². The number of likely N-dealkylation sites (tertiary alicyclic amines) is 2. The number of alkyl halides is 6. The molecule has 39 heavy (non-hydrogen) atoms. The molecule has 220 valence electrons. The van der Waals surface area contributed by atoms with Crippen molar-refractivity contribution >= 4 is 17.8 Å². The molecule has 3 saturated heterocycles. The number of aryl methyl sites for hydroxylation is 1. The lowest BCUT2D eigenvalue weighted by molar-refractivity contribution is -0.193. The molecule has 0 unspecified atom stereocenters. The monoisotopic (exact) mass is 571 g/mol. The number of hydrogen-bond acceptors (Lipinski definition) is 6. The first-order valence-electron chi connectivity index (χ1n) is 12.1. The second kappa shape index (κ2) is 13.9. The summed E-state index contributed by atoms with van der Waals surface area (Å²) in [5.41, 5.74) is 2.65. The normalized spacial score (nSPS) is 21.9. The van der Waals surface area contributed by atoms with Crippen LogP contribution in [0.15, 0.2) is 24.3 Å². The van der Waals surface area contributed by atoms with Crippen LogP contribution in [0.5, 0.6) is 0 Å². The van der Waals surface area contributed by atoms with Crippen LogP contribution in [0.2, 0.25) is 0 Å². The van der Waals surface area contributed by atoms with Gasteiger partial charge in [0.15, 0.2) is 0 Å². The summed E-state index contributed by atoms with van der Waals surface area (Å²) >= 11 is 0. The third-order valence-electron chi connectivity index (χ3n) is 6.48. The number of carbonyl (C=O) groups excluding carboxylic acids is 1. The third-order valence-corrected chi connectivity index (χ3v) is 6.48. The lowest BCUT2D eigenvalue weighted by Crippen LogP contribution is -2.44. The van der Waals surface area contributed by atoms with E-state index in [1.54, 1.807) is 0 Å². The summed E-state index contributed by atoms with van der Waals surface area (Å²) in [6, 6.07) is 9.61. The molecule has 15 heteroatoms. The number of fused-ring (bicyclic) bond motifs is 1. The van der Waals surface area contributed by atoms with Crippen molar-refractivity contribution in [2.24, 2.45) is 0 Å². The van der Waals surface area contributed by atoms with E-state index >= 15 is 0 Å². The van der Waals surface area contributed by atoms with E-state index in [4.69, 9.17) is 24.5 Å². The number of amides is 1. The van der Waals surface area contributed by atoms with Crippen LogP contribution in [-0.2, 0) is 25.7 Å². The summed E-state index contributed by atoms with van der Waals surface area (Å²) in [7, 11) is 0. The molecule has 3 heterocycles. The van der Waals surface area contributed by atoms with E-state index in [2.05, 4.69) is 45.9 Å². The van der Waals surface area contributed by atoms with Crippen LogP contribution >= 0.6 is 0 Å². The number of halogens is 6. The van der Waals surface area contributed by atoms with Gasteiger partial charge in [0.2, 0.25) is 5.91 Å². The molecule has 1 aromatic rings. The molecule has 2 atom stereocenters. The van der Waals surface area contributed by atoms with Crippen LogP contribution in [0.3, 0.4) is 0 Å². The number of nitrogens with zero attached hydrogens (tertiary/aromatic N) is 3. The van der Waals surface area contributed by atoms with Crippen molar-refractivity contribution < 1.29 is 55.7 Å². The van der Waals surface area contributed by atoms with E-state index in [9.17, 15) is 31.1 Å². The van der Waals surface area contributed by atoms with Crippen LogP contribution in [0.4, 0.5) is 26.3 Å². The van der Waals surface area contributed by atoms with Gasteiger partial charge in [-0.2, -0.15) is 26.3 Å². The SMILES string of the molecule is Cc1ccc(CN2CC[C@H]3[C@H]2CC(=O)N3CCN2CCOCC2)cc1.O=C(O)C(F)(F)F.O=C(O)C(F)(F)F. The smallest absolute Gasteiger partial charge is 0.475 e. The molecular formula is C24H31F6N3O6. The van der Waals surface area contributed by atoms with E-state index in [0.717, 1.165) is 58.9 Å². The molecule has 0 aromatic heterocycles. The van der Waals surface area contributed by atoms with E-state index in [1.807, 2.05) is 0 Å². The highest BCUT2D eigenvalue weighted by Crippen LogP contribution is 2.33. The average molecular weight is 572 g/mol. The largest absolute Gasteiger partial charge is 0.490 e. The highest BCUT2D eigenvalue weighted by molar-refractivity contribution is 5.80. The summed E-state index contributed by atoms with van der Waals surface area (Å²) in [4.78, 5) is 37.4. The molecule has 0 spiro atoms. The molecule has 1 amide bonds. The molecule has 3 fully saturated rings. The van der Waals surface area contributed by atoms with Gasteiger partial charge in [0.05, 0.1) is 13.2 Å². The Morgan fingerprint density at radius 1 is 0.897 bits per heavy atom. The molecule has 3 aliphatic heterocycles. The van der Waals surface area contributed by atoms with Crippen LogP contribution < -0.4 is 0 Å². The Bertz CT molecular complexity index is 943. The Balaban J connectivity index is 0.000000317. The highest BCUT2D eigenvalue weighted by Gasteiger charge is 2.46. The minimum absolute atomic E-state index is 0.344. The lowest BCUT2D eigenvalue weighted by atomic mass is 10.1. The molecule has 0 bridgehead atoms. The number of morpholine rings is 1. The fraction of sp³-hybridized carbons (Fsp3) is 0.625. The Morgan fingerprint density at radius 3 is 1.90 bits per heavy atom. The van der Waals surface area contributed by atoms with Gasteiger partial charge in [0, 0.05) is 57.8 Å². The molecule has 0 aliphatic carbocycles. The van der Waals surface area contributed by atoms with Crippen molar-refractivity contribution in [3.05, 3.63) is 35.4 Å². The maximum absolute atomic E-state index is 12.6. The standard InChI is InChI=1S/C20H29N3O2.2C2HF3O2/c1-16-2-4-17(5-3-16)15-22-7-6-18-19(22)14-20(24)23(18)9-8-21-10-12-25-13-11-21;2*3-2(4,5)1(6)7/h2-5,18-19H,6-15H2,1H3;2*(H,6,7)/t18-,19+;;/m0../s1. The van der Waals surface area contributed by atoms with Crippen LogP contribution in [0.25, 0.3) is 0 Å². The Kier molecular flexibility index (Phi) is 11.5. The average Bonchev–Trinajstić information content (AvgIpc) is 3.37. The molecule has 3 aliphatic rings. The quantitative estimate of drug-likeness (QED) is 0.520. The Hall–Kier alpha value is -2.91. The molecule has 2 N–H and O–H groups in total. The molecular weight excluding hydrogens is 540 g/mol. The number of rotatable bonds is 5. The highest BCUT2D eigenvalue weighted by atomic mass is 19.4. The number of carboxylic acids is 2. The van der Waals surface area contributed by atoms with E-state index < -0.39 is 24.3 Å². The minimum atomic E-state index is -5.08. The number of aliphatic carboxylic acids is 2. The maximum atomic E-state index is 12.6. The van der Waals surface area contributed by atoms with Gasteiger partial charge in [-0.05, 0) is 18.9 Å². The van der Waals surface area contributed by atoms with Crippen LogP contribution in [0.1, 0.15) is 24.0 Å². The summed E-state index contributed by atoms with van der Waals surface area (Å²) < 4.78 is 68.9. The number of hydrogen-bond donors (Lipinski definition) is 2. The molecule has 9 nitrogen and oxygen atoms in total. The first-order valence-corrected chi connectivity index (χ1v) is 12.1. The number of benzene rings is 1. The number of carbonyl (C=O) groups is 3. The second-order valence-electron chi connectivity index (χ2n) is 9.23. The number of carboxylic acid groups (broad SMARTS) is 2. The van der Waals surface area contributed by atoms with Gasteiger partial charge in [-0.25, -0.2) is 9.59 Å². The molecule has 0 radical (unpaired) electrons. The zero-order valence-corrected chi connectivity index (χ0v) is 21.2. The molecule has 1 aromatic carbocycles. The van der Waals surface area contributed by atoms with Gasteiger partial charge in [0.25, 0.3) is 0 Å².